The second kappa shape index (κ2) is 10.2. The molecule has 1 aliphatic heterocycles. The number of nitrogens with one attached hydrogen (secondary N) is 2. The van der Waals surface area contributed by atoms with E-state index in [9.17, 15) is 9.59 Å². The van der Waals surface area contributed by atoms with E-state index in [4.69, 9.17) is 23.8 Å². The fourth-order valence-corrected chi connectivity index (χ4v) is 4.51. The standard InChI is InChI=1S/C25H25ClN4O2S/c1-2-23(31)30-15-13-29(14-16-30)22-12-4-3-11-21(22)27-25(33)28-24(32)19-9-5-8-18-17(19)7-6-10-20(18)26/h3-12H,2,13-16H2,1H3,(H2,27,28,32,33). The predicted molar refractivity (Wildman–Crippen MR) is 138 cm³/mol. The van der Waals surface area contributed by atoms with Gasteiger partial charge < -0.3 is 15.1 Å². The number of halogens is 1. The summed E-state index contributed by atoms with van der Waals surface area (Å²) in [5.41, 5.74) is 2.29. The van der Waals surface area contributed by atoms with E-state index in [1.165, 1.54) is 0 Å². The van der Waals surface area contributed by atoms with Crippen LogP contribution in [-0.2, 0) is 4.79 Å². The minimum atomic E-state index is -0.301. The number of hydrogen-bond acceptors (Lipinski definition) is 4. The van der Waals surface area contributed by atoms with Gasteiger partial charge in [0.25, 0.3) is 5.91 Å². The summed E-state index contributed by atoms with van der Waals surface area (Å²) in [4.78, 5) is 29.0. The second-order valence-electron chi connectivity index (χ2n) is 7.79. The van der Waals surface area contributed by atoms with E-state index in [1.54, 1.807) is 18.2 Å². The van der Waals surface area contributed by atoms with Crippen molar-refractivity contribution in [3.8, 4) is 0 Å². The quantitative estimate of drug-likeness (QED) is 0.531. The van der Waals surface area contributed by atoms with Crippen molar-refractivity contribution in [1.29, 1.82) is 0 Å². The first-order valence-corrected chi connectivity index (χ1v) is 11.7. The molecule has 170 valence electrons. The third-order valence-corrected chi connectivity index (χ3v) is 6.30. The van der Waals surface area contributed by atoms with Gasteiger partial charge in [0.2, 0.25) is 5.91 Å². The van der Waals surface area contributed by atoms with Gasteiger partial charge in [-0.3, -0.25) is 14.9 Å². The van der Waals surface area contributed by atoms with Crippen LogP contribution in [0.15, 0.2) is 60.7 Å². The molecule has 0 bridgehead atoms. The van der Waals surface area contributed by atoms with Crippen molar-refractivity contribution >= 4 is 62.9 Å². The first-order chi connectivity index (χ1) is 16.0. The van der Waals surface area contributed by atoms with Crippen molar-refractivity contribution in [3.63, 3.8) is 0 Å². The summed E-state index contributed by atoms with van der Waals surface area (Å²) >= 11 is 11.7. The lowest BCUT2D eigenvalue weighted by Crippen LogP contribution is -2.48. The maximum absolute atomic E-state index is 13.0. The van der Waals surface area contributed by atoms with Gasteiger partial charge >= 0.3 is 0 Å². The summed E-state index contributed by atoms with van der Waals surface area (Å²) < 4.78 is 0. The highest BCUT2D eigenvalue weighted by Crippen LogP contribution is 2.28. The Morgan fingerprint density at radius 1 is 0.939 bits per heavy atom. The lowest BCUT2D eigenvalue weighted by molar-refractivity contribution is -0.131. The number of thiocarbonyl (C=S) groups is 1. The maximum Gasteiger partial charge on any atom is 0.258 e. The molecular weight excluding hydrogens is 456 g/mol. The molecule has 3 aromatic carbocycles. The molecule has 0 aliphatic carbocycles. The maximum atomic E-state index is 13.0. The highest BCUT2D eigenvalue weighted by atomic mass is 35.5. The Hall–Kier alpha value is -3.16. The molecule has 6 nitrogen and oxygen atoms in total. The number of para-hydroxylation sites is 2. The van der Waals surface area contributed by atoms with Crippen LogP contribution in [0.25, 0.3) is 10.8 Å². The fraction of sp³-hybridized carbons (Fsp3) is 0.240. The lowest BCUT2D eigenvalue weighted by Gasteiger charge is -2.37. The molecule has 3 aromatic rings. The Morgan fingerprint density at radius 3 is 2.39 bits per heavy atom. The Bertz CT molecular complexity index is 1210. The van der Waals surface area contributed by atoms with Crippen molar-refractivity contribution in [2.75, 3.05) is 36.4 Å². The predicted octanol–water partition coefficient (Wildman–Crippen LogP) is 4.68. The third kappa shape index (κ3) is 5.10. The van der Waals surface area contributed by atoms with Crippen LogP contribution in [0.3, 0.4) is 0 Å². The smallest absolute Gasteiger partial charge is 0.258 e. The summed E-state index contributed by atoms with van der Waals surface area (Å²) in [6, 6.07) is 18.7. The van der Waals surface area contributed by atoms with Crippen LogP contribution in [0.4, 0.5) is 11.4 Å². The van der Waals surface area contributed by atoms with E-state index in [1.807, 2.05) is 54.3 Å². The number of benzene rings is 3. The minimum absolute atomic E-state index is 0.180. The van der Waals surface area contributed by atoms with Crippen LogP contribution in [0.1, 0.15) is 23.7 Å². The van der Waals surface area contributed by atoms with Gasteiger partial charge in [-0.1, -0.05) is 54.9 Å². The molecule has 1 saturated heterocycles. The van der Waals surface area contributed by atoms with Crippen LogP contribution < -0.4 is 15.5 Å². The van der Waals surface area contributed by atoms with Crippen molar-refractivity contribution in [2.45, 2.75) is 13.3 Å². The minimum Gasteiger partial charge on any atom is -0.366 e. The number of carbonyl (C=O) groups is 2. The van der Waals surface area contributed by atoms with Crippen LogP contribution in [0.5, 0.6) is 0 Å². The van der Waals surface area contributed by atoms with Crippen molar-refractivity contribution in [3.05, 3.63) is 71.2 Å². The summed E-state index contributed by atoms with van der Waals surface area (Å²) in [7, 11) is 0. The van der Waals surface area contributed by atoms with E-state index in [2.05, 4.69) is 15.5 Å². The molecule has 0 atom stereocenters. The molecule has 2 N–H and O–H groups in total. The SMILES string of the molecule is CCC(=O)N1CCN(c2ccccc2NC(=S)NC(=O)c2cccc3c(Cl)cccc23)CC1. The van der Waals surface area contributed by atoms with Gasteiger partial charge in [-0.25, -0.2) is 0 Å². The topological polar surface area (TPSA) is 64.7 Å². The molecule has 0 spiro atoms. The molecule has 0 saturated carbocycles. The number of nitrogens with zero attached hydrogens (tertiary/aromatic N) is 2. The zero-order chi connectivity index (χ0) is 23.4. The van der Waals surface area contributed by atoms with Crippen molar-refractivity contribution < 1.29 is 9.59 Å². The Labute approximate surface area is 203 Å². The van der Waals surface area contributed by atoms with Crippen molar-refractivity contribution in [2.24, 2.45) is 0 Å². The molecule has 4 rings (SSSR count). The van der Waals surface area contributed by atoms with Gasteiger partial charge in [0.15, 0.2) is 5.11 Å². The van der Waals surface area contributed by atoms with Gasteiger partial charge in [-0.15, -0.1) is 0 Å². The third-order valence-electron chi connectivity index (χ3n) is 5.77. The number of anilines is 2. The van der Waals surface area contributed by atoms with Crippen LogP contribution in [0, 0.1) is 0 Å². The Kier molecular flexibility index (Phi) is 7.11. The van der Waals surface area contributed by atoms with Gasteiger partial charge in [0.1, 0.15) is 0 Å². The summed E-state index contributed by atoms with van der Waals surface area (Å²) in [5, 5.41) is 8.34. The fourth-order valence-electron chi connectivity index (χ4n) is 4.07. The molecule has 2 amide bonds. The average molecular weight is 481 g/mol. The van der Waals surface area contributed by atoms with Gasteiger partial charge in [0.05, 0.1) is 11.4 Å². The average Bonchev–Trinajstić information content (AvgIpc) is 2.84. The van der Waals surface area contributed by atoms with Crippen LogP contribution in [-0.4, -0.2) is 48.0 Å². The highest BCUT2D eigenvalue weighted by Gasteiger charge is 2.22. The number of amides is 2. The number of carbonyl (C=O) groups excluding carboxylic acids is 2. The molecule has 0 unspecified atom stereocenters. The summed E-state index contributed by atoms with van der Waals surface area (Å²) in [5.74, 6) is -0.121. The molecule has 1 heterocycles. The molecule has 1 fully saturated rings. The monoisotopic (exact) mass is 480 g/mol. The second-order valence-corrected chi connectivity index (χ2v) is 8.60. The van der Waals surface area contributed by atoms with E-state index in [0.717, 1.165) is 35.2 Å². The summed E-state index contributed by atoms with van der Waals surface area (Å²) in [6.45, 7) is 4.73. The van der Waals surface area contributed by atoms with Gasteiger partial charge in [-0.05, 0) is 41.9 Å². The zero-order valence-electron chi connectivity index (χ0n) is 18.3. The highest BCUT2D eigenvalue weighted by molar-refractivity contribution is 7.80. The van der Waals surface area contributed by atoms with Crippen LogP contribution in [0.2, 0.25) is 5.02 Å². The Balaban J connectivity index is 1.46. The number of piperazine rings is 1. The van der Waals surface area contributed by atoms with E-state index in [0.29, 0.717) is 30.1 Å². The first-order valence-electron chi connectivity index (χ1n) is 10.9. The normalized spacial score (nSPS) is 13.6. The first kappa shape index (κ1) is 23.0. The van der Waals surface area contributed by atoms with Crippen LogP contribution >= 0.6 is 23.8 Å². The van der Waals surface area contributed by atoms with Crippen molar-refractivity contribution in [1.82, 2.24) is 10.2 Å². The molecule has 0 radical (unpaired) electrons. The molecule has 33 heavy (non-hydrogen) atoms. The largest absolute Gasteiger partial charge is 0.366 e. The van der Waals surface area contributed by atoms with E-state index in [-0.39, 0.29) is 16.9 Å². The van der Waals surface area contributed by atoms with E-state index >= 15 is 0 Å². The number of fused-ring (bicyclic) bond motifs is 1. The molecule has 1 aliphatic rings. The van der Waals surface area contributed by atoms with E-state index < -0.39 is 0 Å². The lowest BCUT2D eigenvalue weighted by atomic mass is 10.0. The molecule has 8 heteroatoms. The van der Waals surface area contributed by atoms with Gasteiger partial charge in [-0.2, -0.15) is 0 Å². The number of rotatable bonds is 4. The Morgan fingerprint density at radius 2 is 1.64 bits per heavy atom. The molecular formula is C25H25ClN4O2S. The summed E-state index contributed by atoms with van der Waals surface area (Å²) in [6.07, 6.45) is 0.523. The zero-order valence-corrected chi connectivity index (χ0v) is 19.9. The molecule has 0 aromatic heterocycles. The van der Waals surface area contributed by atoms with Gasteiger partial charge in [0, 0.05) is 48.6 Å². The number of hydrogen-bond donors (Lipinski definition) is 2.